The van der Waals surface area contributed by atoms with Crippen molar-refractivity contribution in [2.24, 2.45) is 5.92 Å². The Morgan fingerprint density at radius 3 is 2.59 bits per heavy atom. The van der Waals surface area contributed by atoms with E-state index < -0.39 is 48.5 Å². The minimum atomic E-state index is -2.76. The number of fused-ring (bicyclic) bond motifs is 2. The van der Waals surface area contributed by atoms with E-state index in [1.165, 1.54) is 22.0 Å². The van der Waals surface area contributed by atoms with Crippen LogP contribution in [0.5, 0.6) is 0 Å². The van der Waals surface area contributed by atoms with Crippen molar-refractivity contribution in [2.75, 3.05) is 13.6 Å². The Bertz CT molecular complexity index is 1370. The molecule has 0 radical (unpaired) electrons. The van der Waals surface area contributed by atoms with E-state index in [1.807, 2.05) is 0 Å². The lowest BCUT2D eigenvalue weighted by atomic mass is 9.72. The van der Waals surface area contributed by atoms with Crippen molar-refractivity contribution in [1.82, 2.24) is 14.8 Å². The lowest BCUT2D eigenvalue weighted by Crippen LogP contribution is -2.53. The normalized spacial score (nSPS) is 27.3. The van der Waals surface area contributed by atoms with Gasteiger partial charge in [0.1, 0.15) is 6.10 Å². The number of amides is 1. The molecule has 1 amide bonds. The van der Waals surface area contributed by atoms with Crippen LogP contribution in [0.15, 0.2) is 24.4 Å². The largest absolute Gasteiger partial charge is 0.481 e. The molecule has 11 heteroatoms. The first kappa shape index (κ1) is 29.1. The van der Waals surface area contributed by atoms with Crippen LogP contribution >= 0.6 is 0 Å². The number of carboxylic acid groups (broad SMARTS) is 2. The molecule has 41 heavy (non-hydrogen) atoms. The summed E-state index contributed by atoms with van der Waals surface area (Å²) in [6.07, 6.45) is 2.92. The number of aromatic nitrogens is 1. The number of likely N-dealkylation sites (tertiary alicyclic amines) is 1. The zero-order valence-electron chi connectivity index (χ0n) is 23.7. The SMILES string of the molecule is CC(C)n1cc2c3c(cccc31)[C@H]1C[C@@H](C(=O)NC3CCCC3OC(=O)CC(O)(CC(=O)O)C(=O)O)CN(C)[C@@H]1C2. The number of nitrogens with one attached hydrogen (secondary N) is 1. The molecule has 1 aromatic carbocycles. The number of carbonyl (C=O) groups excluding carboxylic acids is 2. The lowest BCUT2D eigenvalue weighted by Gasteiger charge is -2.45. The number of esters is 1. The summed E-state index contributed by atoms with van der Waals surface area (Å²) in [5, 5.41) is 32.8. The molecule has 1 aromatic heterocycles. The van der Waals surface area contributed by atoms with Gasteiger partial charge in [0.15, 0.2) is 5.60 Å². The lowest BCUT2D eigenvalue weighted by molar-refractivity contribution is -0.173. The summed E-state index contributed by atoms with van der Waals surface area (Å²) in [7, 11) is 2.07. The van der Waals surface area contributed by atoms with Gasteiger partial charge in [-0.15, -0.1) is 0 Å². The third-order valence-electron chi connectivity index (χ3n) is 9.14. The van der Waals surface area contributed by atoms with E-state index in [0.29, 0.717) is 44.3 Å². The highest BCUT2D eigenvalue weighted by molar-refractivity contribution is 5.90. The molecule has 1 aliphatic heterocycles. The number of carbonyl (C=O) groups is 4. The summed E-state index contributed by atoms with van der Waals surface area (Å²) < 4.78 is 7.79. The Morgan fingerprint density at radius 1 is 1.15 bits per heavy atom. The predicted octanol–water partition coefficient (Wildman–Crippen LogP) is 2.44. The Labute approximate surface area is 238 Å². The van der Waals surface area contributed by atoms with E-state index >= 15 is 0 Å². The Balaban J connectivity index is 1.26. The van der Waals surface area contributed by atoms with Crippen LogP contribution < -0.4 is 5.32 Å². The number of aliphatic hydroxyl groups is 1. The summed E-state index contributed by atoms with van der Waals surface area (Å²) in [5.41, 5.74) is 1.11. The van der Waals surface area contributed by atoms with Crippen LogP contribution in [0.3, 0.4) is 0 Å². The molecule has 2 heterocycles. The molecule has 1 saturated carbocycles. The molecule has 0 bridgehead atoms. The van der Waals surface area contributed by atoms with Crippen LogP contribution in [0.4, 0.5) is 0 Å². The molecule has 2 fully saturated rings. The quantitative estimate of drug-likeness (QED) is 0.333. The van der Waals surface area contributed by atoms with Gasteiger partial charge in [-0.1, -0.05) is 12.1 Å². The number of aliphatic carboxylic acids is 2. The summed E-state index contributed by atoms with van der Waals surface area (Å²) in [6.45, 7) is 4.98. The highest BCUT2D eigenvalue weighted by Crippen LogP contribution is 2.45. The number of likely N-dealkylation sites (N-methyl/N-ethyl adjacent to an activating group) is 1. The maximum atomic E-state index is 13.6. The first-order chi connectivity index (χ1) is 19.4. The fourth-order valence-electron chi connectivity index (χ4n) is 7.14. The molecule has 4 N–H and O–H groups in total. The van der Waals surface area contributed by atoms with Gasteiger partial charge in [-0.05, 0) is 70.2 Å². The second kappa shape index (κ2) is 11.1. The van der Waals surface area contributed by atoms with Gasteiger partial charge in [-0.25, -0.2) is 4.79 Å². The fourth-order valence-corrected chi connectivity index (χ4v) is 7.14. The van der Waals surface area contributed by atoms with E-state index in [2.05, 4.69) is 60.1 Å². The topological polar surface area (TPSA) is 158 Å². The summed E-state index contributed by atoms with van der Waals surface area (Å²) in [5.74, 6) is -4.51. The van der Waals surface area contributed by atoms with Gasteiger partial charge >= 0.3 is 17.9 Å². The van der Waals surface area contributed by atoms with Gasteiger partial charge in [-0.3, -0.25) is 14.4 Å². The predicted molar refractivity (Wildman–Crippen MR) is 148 cm³/mol. The van der Waals surface area contributed by atoms with Crippen LogP contribution in [0.2, 0.25) is 0 Å². The second-order valence-electron chi connectivity index (χ2n) is 12.3. The number of rotatable bonds is 9. The highest BCUT2D eigenvalue weighted by atomic mass is 16.5. The molecule has 3 unspecified atom stereocenters. The molecular weight excluding hydrogens is 530 g/mol. The zero-order valence-corrected chi connectivity index (χ0v) is 23.7. The van der Waals surface area contributed by atoms with Gasteiger partial charge in [0.05, 0.1) is 24.8 Å². The molecule has 2 aromatic rings. The van der Waals surface area contributed by atoms with Crippen molar-refractivity contribution in [1.29, 1.82) is 0 Å². The first-order valence-corrected chi connectivity index (χ1v) is 14.4. The number of piperidine rings is 1. The average Bonchev–Trinajstić information content (AvgIpc) is 3.48. The molecule has 6 atom stereocenters. The Kier molecular flexibility index (Phi) is 7.86. The van der Waals surface area contributed by atoms with E-state index in [0.717, 1.165) is 6.42 Å². The third kappa shape index (κ3) is 5.57. The third-order valence-corrected chi connectivity index (χ3v) is 9.14. The van der Waals surface area contributed by atoms with Crippen molar-refractivity contribution in [3.8, 4) is 0 Å². The van der Waals surface area contributed by atoms with Crippen molar-refractivity contribution in [2.45, 2.75) is 94.5 Å². The smallest absolute Gasteiger partial charge is 0.336 e. The molecule has 11 nitrogen and oxygen atoms in total. The number of carboxylic acids is 2. The van der Waals surface area contributed by atoms with Crippen molar-refractivity contribution >= 4 is 34.7 Å². The first-order valence-electron chi connectivity index (χ1n) is 14.4. The van der Waals surface area contributed by atoms with E-state index in [4.69, 9.17) is 9.84 Å². The molecule has 222 valence electrons. The number of hydrogen-bond acceptors (Lipinski definition) is 7. The standard InChI is InChI=1S/C30H39N3O8/c1-16(2)33-15-17-11-23-20(19-6-4-8-22(33)27(17)19)10-18(14-32(23)3)28(37)31-21-7-5-9-24(21)41-26(36)13-30(40,29(38)39)12-25(34)35/h4,6,8,15-16,18,20-21,23-24,40H,5,7,9-14H2,1-3H3,(H,31,37)(H,34,35)(H,38,39)/t18-,20-,21?,23-,24?,30?/m1/s1. The van der Waals surface area contributed by atoms with Gasteiger partial charge in [0, 0.05) is 41.6 Å². The van der Waals surface area contributed by atoms with Gasteiger partial charge < -0.3 is 34.8 Å². The molecule has 3 aliphatic rings. The van der Waals surface area contributed by atoms with Crippen molar-refractivity contribution in [3.05, 3.63) is 35.5 Å². The monoisotopic (exact) mass is 569 g/mol. The van der Waals surface area contributed by atoms with Crippen LogP contribution in [-0.2, 0) is 30.3 Å². The number of hydrogen-bond donors (Lipinski definition) is 4. The summed E-state index contributed by atoms with van der Waals surface area (Å²) >= 11 is 0. The van der Waals surface area contributed by atoms with Crippen LogP contribution in [0.1, 0.15) is 75.5 Å². The number of nitrogens with zero attached hydrogens (tertiary/aromatic N) is 2. The van der Waals surface area contributed by atoms with Crippen LogP contribution in [0.25, 0.3) is 10.9 Å². The van der Waals surface area contributed by atoms with Gasteiger partial charge in [0.2, 0.25) is 5.91 Å². The van der Waals surface area contributed by atoms with Gasteiger partial charge in [-0.2, -0.15) is 0 Å². The Morgan fingerprint density at radius 2 is 1.90 bits per heavy atom. The van der Waals surface area contributed by atoms with E-state index in [9.17, 15) is 29.4 Å². The molecule has 2 aliphatic carbocycles. The fraction of sp³-hybridized carbons (Fsp3) is 0.600. The number of benzene rings is 1. The molecule has 1 saturated heterocycles. The van der Waals surface area contributed by atoms with Crippen molar-refractivity contribution in [3.63, 3.8) is 0 Å². The minimum Gasteiger partial charge on any atom is -0.481 e. The Hall–Kier alpha value is -3.44. The summed E-state index contributed by atoms with van der Waals surface area (Å²) in [6, 6.07) is 6.68. The van der Waals surface area contributed by atoms with E-state index in [-0.39, 0.29) is 17.7 Å². The van der Waals surface area contributed by atoms with E-state index in [1.54, 1.807) is 0 Å². The van der Waals surface area contributed by atoms with Crippen LogP contribution in [-0.4, -0.2) is 86.0 Å². The van der Waals surface area contributed by atoms with Crippen LogP contribution in [0, 0.1) is 5.92 Å². The maximum Gasteiger partial charge on any atom is 0.336 e. The average molecular weight is 570 g/mol. The zero-order chi connectivity index (χ0) is 29.6. The number of ether oxygens (including phenoxy) is 1. The second-order valence-corrected chi connectivity index (χ2v) is 12.3. The summed E-state index contributed by atoms with van der Waals surface area (Å²) in [4.78, 5) is 50.8. The highest BCUT2D eigenvalue weighted by Gasteiger charge is 2.45. The maximum absolute atomic E-state index is 13.6. The minimum absolute atomic E-state index is 0.103. The van der Waals surface area contributed by atoms with Crippen molar-refractivity contribution < 1.29 is 39.2 Å². The molecule has 0 spiro atoms. The molecular formula is C30H39N3O8. The molecule has 5 rings (SSSR count). The van der Waals surface area contributed by atoms with Gasteiger partial charge in [0.25, 0.3) is 0 Å².